The highest BCUT2D eigenvalue weighted by Crippen LogP contribution is 2.32. The van der Waals surface area contributed by atoms with Crippen LogP contribution in [0, 0.1) is 5.92 Å². The lowest BCUT2D eigenvalue weighted by Crippen LogP contribution is -2.40. The Hall–Kier alpha value is -3.18. The summed E-state index contributed by atoms with van der Waals surface area (Å²) in [6.45, 7) is 4.39. The minimum absolute atomic E-state index is 0.00875. The Morgan fingerprint density at radius 1 is 1.06 bits per heavy atom. The Morgan fingerprint density at radius 3 is 2.47 bits per heavy atom. The maximum Gasteiger partial charge on any atom is 0.217 e. The van der Waals surface area contributed by atoms with Gasteiger partial charge in [-0.05, 0) is 67.2 Å². The molecule has 0 radical (unpaired) electrons. The molecule has 0 saturated carbocycles. The SMILES string of the molecule is COc1ccc(-c2ccccc2)cc1CN1CCC(C(NC(C)=O)c2ccccn2)CC1. The predicted octanol–water partition coefficient (Wildman–Crippen LogP) is 4.85. The first-order valence-corrected chi connectivity index (χ1v) is 11.3. The number of rotatable bonds is 7. The summed E-state index contributed by atoms with van der Waals surface area (Å²) in [4.78, 5) is 18.8. The number of amides is 1. The van der Waals surface area contributed by atoms with Crippen LogP contribution in [0.1, 0.15) is 37.1 Å². The van der Waals surface area contributed by atoms with Crippen molar-refractivity contribution in [2.45, 2.75) is 32.4 Å². The van der Waals surface area contributed by atoms with E-state index in [0.717, 1.165) is 43.9 Å². The summed E-state index contributed by atoms with van der Waals surface area (Å²) >= 11 is 0. The second-order valence-corrected chi connectivity index (χ2v) is 8.44. The number of carbonyl (C=O) groups excluding carboxylic acids is 1. The van der Waals surface area contributed by atoms with Crippen LogP contribution in [-0.2, 0) is 11.3 Å². The van der Waals surface area contributed by atoms with E-state index in [1.54, 1.807) is 20.2 Å². The summed E-state index contributed by atoms with van der Waals surface area (Å²) in [5.74, 6) is 1.30. The molecule has 1 aliphatic rings. The van der Waals surface area contributed by atoms with Gasteiger partial charge in [0.15, 0.2) is 0 Å². The summed E-state index contributed by atoms with van der Waals surface area (Å²) in [6.07, 6.45) is 3.83. The van der Waals surface area contributed by atoms with Crippen LogP contribution in [0.4, 0.5) is 0 Å². The number of ether oxygens (including phenoxy) is 1. The van der Waals surface area contributed by atoms with Gasteiger partial charge in [-0.15, -0.1) is 0 Å². The molecular formula is C27H31N3O2. The van der Waals surface area contributed by atoms with Gasteiger partial charge in [0.2, 0.25) is 5.91 Å². The molecule has 1 aliphatic heterocycles. The molecule has 4 rings (SSSR count). The Bertz CT molecular complexity index is 1020. The standard InChI is InChI=1S/C27H31N3O2/c1-20(31)29-27(25-10-6-7-15-28-25)22-13-16-30(17-14-22)19-24-18-23(11-12-26(24)32-2)21-8-4-3-5-9-21/h3-12,15,18,22,27H,13-14,16-17,19H2,1-2H3,(H,29,31). The summed E-state index contributed by atoms with van der Waals surface area (Å²) in [7, 11) is 1.73. The van der Waals surface area contributed by atoms with Crippen molar-refractivity contribution >= 4 is 5.91 Å². The minimum Gasteiger partial charge on any atom is -0.496 e. The Labute approximate surface area is 190 Å². The molecule has 166 valence electrons. The maximum atomic E-state index is 11.8. The van der Waals surface area contributed by atoms with Crippen LogP contribution in [0.3, 0.4) is 0 Å². The van der Waals surface area contributed by atoms with Gasteiger partial charge in [-0.3, -0.25) is 14.7 Å². The number of hydrogen-bond donors (Lipinski definition) is 1. The van der Waals surface area contributed by atoms with Crippen molar-refractivity contribution in [1.82, 2.24) is 15.2 Å². The smallest absolute Gasteiger partial charge is 0.217 e. The van der Waals surface area contributed by atoms with Crippen molar-refractivity contribution in [3.8, 4) is 16.9 Å². The maximum absolute atomic E-state index is 11.8. The molecule has 5 nitrogen and oxygen atoms in total. The quantitative estimate of drug-likeness (QED) is 0.584. The zero-order chi connectivity index (χ0) is 22.3. The predicted molar refractivity (Wildman–Crippen MR) is 127 cm³/mol. The molecule has 0 aliphatic carbocycles. The number of nitrogens with one attached hydrogen (secondary N) is 1. The number of benzene rings is 2. The highest BCUT2D eigenvalue weighted by molar-refractivity contribution is 5.73. The summed E-state index contributed by atoms with van der Waals surface area (Å²) in [5.41, 5.74) is 4.56. The number of carbonyl (C=O) groups is 1. The van der Waals surface area contributed by atoms with Gasteiger partial charge < -0.3 is 10.1 Å². The number of hydrogen-bond acceptors (Lipinski definition) is 4. The van der Waals surface area contributed by atoms with Crippen LogP contribution in [-0.4, -0.2) is 36.0 Å². The number of nitrogens with zero attached hydrogens (tertiary/aromatic N) is 2. The average molecular weight is 430 g/mol. The van der Waals surface area contributed by atoms with E-state index in [4.69, 9.17) is 4.74 Å². The molecule has 32 heavy (non-hydrogen) atoms. The summed E-state index contributed by atoms with van der Waals surface area (Å²) < 4.78 is 5.66. The third-order valence-electron chi connectivity index (χ3n) is 6.25. The van der Waals surface area contributed by atoms with Crippen molar-refractivity contribution < 1.29 is 9.53 Å². The molecule has 1 aromatic heterocycles. The average Bonchev–Trinajstić information content (AvgIpc) is 2.84. The van der Waals surface area contributed by atoms with E-state index in [9.17, 15) is 4.79 Å². The Kier molecular flexibility index (Phi) is 7.17. The Balaban J connectivity index is 1.45. The lowest BCUT2D eigenvalue weighted by atomic mass is 9.87. The van der Waals surface area contributed by atoms with Gasteiger partial charge >= 0.3 is 0 Å². The number of methoxy groups -OCH3 is 1. The summed E-state index contributed by atoms with van der Waals surface area (Å²) in [6, 6.07) is 22.7. The number of aromatic nitrogens is 1. The molecule has 1 saturated heterocycles. The highest BCUT2D eigenvalue weighted by Gasteiger charge is 2.29. The Morgan fingerprint density at radius 2 is 1.81 bits per heavy atom. The van der Waals surface area contributed by atoms with Crippen LogP contribution in [0.25, 0.3) is 11.1 Å². The van der Waals surface area contributed by atoms with Gasteiger partial charge in [0.1, 0.15) is 5.75 Å². The van der Waals surface area contributed by atoms with Gasteiger partial charge in [0, 0.05) is 25.2 Å². The summed E-state index contributed by atoms with van der Waals surface area (Å²) in [5, 5.41) is 3.13. The van der Waals surface area contributed by atoms with Crippen LogP contribution in [0.5, 0.6) is 5.75 Å². The first-order valence-electron chi connectivity index (χ1n) is 11.3. The van der Waals surface area contributed by atoms with Gasteiger partial charge in [-0.1, -0.05) is 42.5 Å². The van der Waals surface area contributed by atoms with E-state index >= 15 is 0 Å². The zero-order valence-corrected chi connectivity index (χ0v) is 18.8. The fraction of sp³-hybridized carbons (Fsp3) is 0.333. The van der Waals surface area contributed by atoms with Crippen molar-refractivity contribution in [3.05, 3.63) is 84.2 Å². The van der Waals surface area contributed by atoms with Crippen molar-refractivity contribution in [3.63, 3.8) is 0 Å². The number of piperidine rings is 1. The van der Waals surface area contributed by atoms with Gasteiger partial charge in [-0.2, -0.15) is 0 Å². The number of pyridine rings is 1. The fourth-order valence-electron chi connectivity index (χ4n) is 4.61. The van der Waals surface area contributed by atoms with Crippen LogP contribution in [0.2, 0.25) is 0 Å². The molecule has 1 N–H and O–H groups in total. The van der Waals surface area contributed by atoms with E-state index < -0.39 is 0 Å². The van der Waals surface area contributed by atoms with Crippen LogP contribution < -0.4 is 10.1 Å². The molecule has 0 spiro atoms. The van der Waals surface area contributed by atoms with Crippen LogP contribution in [0.15, 0.2) is 72.9 Å². The van der Waals surface area contributed by atoms with Crippen molar-refractivity contribution in [2.24, 2.45) is 5.92 Å². The zero-order valence-electron chi connectivity index (χ0n) is 18.8. The molecule has 1 atom stereocenters. The first kappa shape index (κ1) is 22.0. The van der Waals surface area contributed by atoms with E-state index in [1.807, 2.05) is 24.3 Å². The lowest BCUT2D eigenvalue weighted by Gasteiger charge is -2.36. The molecule has 2 heterocycles. The van der Waals surface area contributed by atoms with E-state index in [1.165, 1.54) is 16.7 Å². The largest absolute Gasteiger partial charge is 0.496 e. The topological polar surface area (TPSA) is 54.5 Å². The first-order chi connectivity index (χ1) is 15.6. The van der Waals surface area contributed by atoms with Crippen molar-refractivity contribution in [2.75, 3.05) is 20.2 Å². The van der Waals surface area contributed by atoms with E-state index in [0.29, 0.717) is 5.92 Å². The lowest BCUT2D eigenvalue weighted by molar-refractivity contribution is -0.120. The van der Waals surface area contributed by atoms with Crippen molar-refractivity contribution in [1.29, 1.82) is 0 Å². The van der Waals surface area contributed by atoms with E-state index in [2.05, 4.69) is 57.7 Å². The van der Waals surface area contributed by atoms with Crippen LogP contribution >= 0.6 is 0 Å². The molecule has 1 amide bonds. The molecule has 0 bridgehead atoms. The second kappa shape index (κ2) is 10.4. The number of likely N-dealkylation sites (tertiary alicyclic amines) is 1. The fourth-order valence-corrected chi connectivity index (χ4v) is 4.61. The molecule has 5 heteroatoms. The normalized spacial score (nSPS) is 15.8. The van der Waals surface area contributed by atoms with Gasteiger partial charge in [-0.25, -0.2) is 0 Å². The highest BCUT2D eigenvalue weighted by atomic mass is 16.5. The third kappa shape index (κ3) is 5.35. The van der Waals surface area contributed by atoms with Gasteiger partial charge in [0.05, 0.1) is 18.8 Å². The minimum atomic E-state index is -0.0354. The molecule has 3 aromatic rings. The van der Waals surface area contributed by atoms with Gasteiger partial charge in [0.25, 0.3) is 0 Å². The third-order valence-corrected chi connectivity index (χ3v) is 6.25. The molecule has 1 fully saturated rings. The molecular weight excluding hydrogens is 398 g/mol. The van der Waals surface area contributed by atoms with E-state index in [-0.39, 0.29) is 11.9 Å². The molecule has 1 unspecified atom stereocenters. The molecule has 2 aromatic carbocycles. The monoisotopic (exact) mass is 429 g/mol. The second-order valence-electron chi connectivity index (χ2n) is 8.44.